The minimum atomic E-state index is -0.353. The van der Waals surface area contributed by atoms with Crippen molar-refractivity contribution >= 4 is 23.6 Å². The number of carbonyl (C=O) groups is 4. The molecule has 0 saturated carbocycles. The Kier molecular flexibility index (Phi) is 18.0. The monoisotopic (exact) mass is 769 g/mol. The quantitative estimate of drug-likeness (QED) is 0.260. The van der Waals surface area contributed by atoms with Gasteiger partial charge in [-0.2, -0.15) is 0 Å². The van der Waals surface area contributed by atoms with E-state index in [0.717, 1.165) is 38.8 Å². The molecule has 310 valence electrons. The van der Waals surface area contributed by atoms with E-state index in [0.29, 0.717) is 31.1 Å². The smallest absolute Gasteiger partial charge is 0.269 e. The molecule has 3 aliphatic rings. The molecule has 12 heteroatoms. The number of amides is 4. The lowest BCUT2D eigenvalue weighted by Crippen LogP contribution is -2.51. The molecule has 12 nitrogen and oxygen atoms in total. The summed E-state index contributed by atoms with van der Waals surface area (Å²) in [6.45, 7) is 32.0. The molecule has 0 atom stereocenters. The van der Waals surface area contributed by atoms with E-state index in [4.69, 9.17) is 0 Å². The second kappa shape index (κ2) is 20.2. The highest BCUT2D eigenvalue weighted by Crippen LogP contribution is 2.23. The van der Waals surface area contributed by atoms with Crippen LogP contribution in [0.3, 0.4) is 0 Å². The van der Waals surface area contributed by atoms with Gasteiger partial charge in [-0.05, 0) is 136 Å². The maximum atomic E-state index is 11.4. The van der Waals surface area contributed by atoms with Gasteiger partial charge in [0.1, 0.15) is 0 Å². The molecule has 3 aliphatic heterocycles. The van der Waals surface area contributed by atoms with Crippen LogP contribution in [-0.4, -0.2) is 82.2 Å². The van der Waals surface area contributed by atoms with Gasteiger partial charge in [-0.25, -0.2) is 0 Å². The van der Waals surface area contributed by atoms with Crippen molar-refractivity contribution in [3.8, 4) is 0 Å². The molecule has 0 radical (unpaired) electrons. The predicted octanol–water partition coefficient (Wildman–Crippen LogP) is 7.13. The zero-order valence-corrected chi connectivity index (χ0v) is 36.7. The van der Waals surface area contributed by atoms with E-state index in [-0.39, 0.29) is 50.6 Å². The Morgan fingerprint density at radius 1 is 0.455 bits per heavy atom. The fourth-order valence-corrected chi connectivity index (χ4v) is 6.26. The number of aromatic nitrogens is 3. The molecule has 0 spiro atoms. The number of piperidine rings is 2. The number of likely N-dealkylation sites (tertiary alicyclic amines) is 3. The Bertz CT molecular complexity index is 1600. The molecule has 3 fully saturated rings. The number of hydrogen-bond acceptors (Lipinski definition) is 7. The third kappa shape index (κ3) is 16.7. The van der Waals surface area contributed by atoms with E-state index < -0.39 is 0 Å². The summed E-state index contributed by atoms with van der Waals surface area (Å²) < 4.78 is 3.37. The fourth-order valence-electron chi connectivity index (χ4n) is 6.26. The van der Waals surface area contributed by atoms with E-state index in [1.54, 1.807) is 33.7 Å². The summed E-state index contributed by atoms with van der Waals surface area (Å²) in [6.07, 6.45) is 13.0. The van der Waals surface area contributed by atoms with Gasteiger partial charge < -0.3 is 18.9 Å². The molecule has 0 bridgehead atoms. The van der Waals surface area contributed by atoms with Crippen LogP contribution in [0.1, 0.15) is 155 Å². The van der Waals surface area contributed by atoms with Gasteiger partial charge >= 0.3 is 0 Å². The molecule has 4 amide bonds. The van der Waals surface area contributed by atoms with Crippen LogP contribution >= 0.6 is 0 Å². The maximum Gasteiger partial charge on any atom is 0.269 e. The summed E-state index contributed by atoms with van der Waals surface area (Å²) in [5.41, 5.74) is -0.557. The maximum absolute atomic E-state index is 11.4. The largest absolute Gasteiger partial charge is 0.338 e. The normalized spacial score (nSPS) is 16.8. The number of hydrogen-bond donors (Lipinski definition) is 0. The molecular weight excluding hydrogens is 697 g/mol. The van der Waals surface area contributed by atoms with E-state index in [9.17, 15) is 28.8 Å². The topological polar surface area (TPSA) is 135 Å². The highest BCUT2D eigenvalue weighted by atomic mass is 16.2. The molecule has 2 aromatic rings. The number of imide groups is 1. The number of rotatable bonds is 0. The molecule has 3 saturated heterocycles. The van der Waals surface area contributed by atoms with Gasteiger partial charge in [0.2, 0.25) is 23.6 Å². The van der Waals surface area contributed by atoms with E-state index in [1.165, 1.54) is 17.5 Å². The Balaban J connectivity index is 0.000000344. The van der Waals surface area contributed by atoms with Crippen LogP contribution in [0.2, 0.25) is 0 Å². The lowest BCUT2D eigenvalue weighted by atomic mass is 10.00. The molecule has 55 heavy (non-hydrogen) atoms. The molecule has 5 heterocycles. The number of carbonyl (C=O) groups excluding carboxylic acids is 4. The van der Waals surface area contributed by atoms with Crippen molar-refractivity contribution in [2.75, 3.05) is 13.1 Å². The minimum Gasteiger partial charge on any atom is -0.338 e. The third-order valence-corrected chi connectivity index (χ3v) is 8.96. The lowest BCUT2D eigenvalue weighted by Gasteiger charge is -2.38. The van der Waals surface area contributed by atoms with Crippen LogP contribution in [0, 0.1) is 0 Å². The minimum absolute atomic E-state index is 0.0253. The van der Waals surface area contributed by atoms with Crippen LogP contribution in [0.25, 0.3) is 0 Å². The molecule has 0 aromatic carbocycles. The summed E-state index contributed by atoms with van der Waals surface area (Å²) in [5.74, 6) is 0.578. The van der Waals surface area contributed by atoms with Crippen LogP contribution in [-0.2, 0) is 30.3 Å². The summed E-state index contributed by atoms with van der Waals surface area (Å²) in [6, 6.07) is 5.20. The van der Waals surface area contributed by atoms with Gasteiger partial charge in [-0.3, -0.25) is 38.7 Å². The SMILES string of the molecule is CC(C)(C)N1C(=O)CCCC1=O.CC(C)(C)N1CCCC1=O.CC(C)(C)N1CCCCC1=O.CC(C)(C)n1ccccc1=O.CC(C)(C)n1ccncc1=O. The van der Waals surface area contributed by atoms with Crippen molar-refractivity contribution in [3.63, 3.8) is 0 Å². The Hall–Kier alpha value is -4.09. The Morgan fingerprint density at radius 3 is 1.20 bits per heavy atom. The average molecular weight is 769 g/mol. The second-order valence-corrected chi connectivity index (χ2v) is 19.2. The zero-order valence-electron chi connectivity index (χ0n) is 36.7. The first-order valence-corrected chi connectivity index (χ1v) is 19.7. The second-order valence-electron chi connectivity index (χ2n) is 19.2. The molecule has 5 rings (SSSR count). The van der Waals surface area contributed by atoms with E-state index >= 15 is 0 Å². The molecule has 0 unspecified atom stereocenters. The number of pyridine rings is 1. The molecule has 0 aliphatic carbocycles. The molecule has 2 aromatic heterocycles. The summed E-state index contributed by atoms with van der Waals surface area (Å²) in [5, 5.41) is 0. The predicted molar refractivity (Wildman–Crippen MR) is 221 cm³/mol. The van der Waals surface area contributed by atoms with Crippen molar-refractivity contribution in [3.05, 3.63) is 63.7 Å². The molecular formula is C43H72N6O6. The van der Waals surface area contributed by atoms with Gasteiger partial charge in [0.25, 0.3) is 11.1 Å². The van der Waals surface area contributed by atoms with Gasteiger partial charge in [-0.1, -0.05) is 6.07 Å². The van der Waals surface area contributed by atoms with Crippen molar-refractivity contribution < 1.29 is 19.2 Å². The third-order valence-electron chi connectivity index (χ3n) is 8.96. The zero-order chi connectivity index (χ0) is 42.6. The average Bonchev–Trinajstić information content (AvgIpc) is 3.47. The van der Waals surface area contributed by atoms with Gasteiger partial charge in [0, 0.05) is 91.1 Å². The van der Waals surface area contributed by atoms with Crippen molar-refractivity contribution in [2.24, 2.45) is 0 Å². The van der Waals surface area contributed by atoms with Crippen molar-refractivity contribution in [1.29, 1.82) is 0 Å². The van der Waals surface area contributed by atoms with Gasteiger partial charge in [0.15, 0.2) is 0 Å². The summed E-state index contributed by atoms with van der Waals surface area (Å²) >= 11 is 0. The molecule has 0 N–H and O–H groups in total. The standard InChI is InChI=1S/C9H15NO2.C9H17NO.C9H13NO.C8H12N2O.C8H15NO/c1-9(2,3)10-7(11)5-4-6-8(10)12;2*1-9(2,3)10-7-5-4-6-8(10)11;1-8(2,3)10-5-4-9-6-7(10)11;1-8(2,3)9-6-4-5-7(9)10/h4-6H2,1-3H3;4-7H2,1-3H3;4-7H,1-3H3;4-6H,1-3H3;4-6H2,1-3H3. The van der Waals surface area contributed by atoms with Crippen molar-refractivity contribution in [1.82, 2.24) is 28.8 Å². The number of nitrogens with zero attached hydrogens (tertiary/aromatic N) is 6. The van der Waals surface area contributed by atoms with E-state index in [1.807, 2.05) is 84.4 Å². The van der Waals surface area contributed by atoms with Crippen LogP contribution in [0.5, 0.6) is 0 Å². The van der Waals surface area contributed by atoms with Crippen molar-refractivity contribution in [2.45, 2.75) is 183 Å². The van der Waals surface area contributed by atoms with Gasteiger partial charge in [-0.15, -0.1) is 0 Å². The lowest BCUT2D eigenvalue weighted by molar-refractivity contribution is -0.153. The first-order chi connectivity index (χ1) is 25.0. The van der Waals surface area contributed by atoms with Gasteiger partial charge in [0.05, 0.1) is 6.20 Å². The Morgan fingerprint density at radius 2 is 0.891 bits per heavy atom. The Labute approximate surface area is 330 Å². The fraction of sp³-hybridized carbons (Fsp3) is 0.698. The van der Waals surface area contributed by atoms with Crippen LogP contribution in [0.15, 0.2) is 52.6 Å². The summed E-state index contributed by atoms with van der Waals surface area (Å²) in [7, 11) is 0. The van der Waals surface area contributed by atoms with Crippen LogP contribution in [0.4, 0.5) is 0 Å². The first kappa shape index (κ1) is 48.9. The summed E-state index contributed by atoms with van der Waals surface area (Å²) in [4.78, 5) is 76.7. The highest BCUT2D eigenvalue weighted by Gasteiger charge is 2.34. The van der Waals surface area contributed by atoms with E-state index in [2.05, 4.69) is 46.5 Å². The first-order valence-electron chi connectivity index (χ1n) is 19.7. The highest BCUT2D eigenvalue weighted by molar-refractivity contribution is 5.98. The van der Waals surface area contributed by atoms with Crippen LogP contribution < -0.4 is 11.1 Å².